The highest BCUT2D eigenvalue weighted by molar-refractivity contribution is 5.97. The number of esters is 2. The van der Waals surface area contributed by atoms with Crippen molar-refractivity contribution >= 4 is 63.6 Å². The highest BCUT2D eigenvalue weighted by Crippen LogP contribution is 2.41. The molecular formula is C51H37F31N8O16. The molecule has 24 nitrogen and oxygen atoms in total. The van der Waals surface area contributed by atoms with Gasteiger partial charge in [0.1, 0.15) is 28.9 Å². The highest BCUT2D eigenvalue weighted by Gasteiger charge is 2.49. The van der Waals surface area contributed by atoms with Gasteiger partial charge in [0.2, 0.25) is 5.82 Å². The Morgan fingerprint density at radius 1 is 0.425 bits per heavy atom. The zero-order valence-electron chi connectivity index (χ0n) is 50.5. The number of carbonyl (C=O) groups excluding carboxylic acids is 4. The maximum absolute atomic E-state index is 13.2. The molecule has 2 heterocycles. The molecule has 2 fully saturated rings. The molecule has 0 saturated carbocycles. The molecule has 2 amide bonds. The lowest BCUT2D eigenvalue weighted by Crippen LogP contribution is -2.36. The molecule has 7 rings (SSSR count). The molecule has 0 radical (unpaired) electrons. The first-order valence-corrected chi connectivity index (χ1v) is 26.2. The lowest BCUT2D eigenvalue weighted by molar-refractivity contribution is -0.387. The van der Waals surface area contributed by atoms with Crippen molar-refractivity contribution in [3.05, 3.63) is 128 Å². The average Bonchev–Trinajstić information content (AvgIpc) is 0.806. The van der Waals surface area contributed by atoms with Crippen molar-refractivity contribution in [3.8, 4) is 28.7 Å². The lowest BCUT2D eigenvalue weighted by Gasteiger charge is -2.28. The zero-order valence-corrected chi connectivity index (χ0v) is 50.5. The number of carbonyl (C=O) groups is 4. The average molecular weight is 1610 g/mol. The van der Waals surface area contributed by atoms with Gasteiger partial charge in [0, 0.05) is 44.4 Å². The third-order valence-corrected chi connectivity index (χ3v) is 10.3. The minimum absolute atomic E-state index is 0.0944. The minimum atomic E-state index is -5.62. The lowest BCUT2D eigenvalue weighted by atomic mass is 10.2. The number of halogens is 31. The summed E-state index contributed by atoms with van der Waals surface area (Å²) >= 11 is 0. The van der Waals surface area contributed by atoms with Crippen molar-refractivity contribution in [1.82, 2.24) is 5.32 Å². The normalized spacial score (nSPS) is 13.4. The first-order chi connectivity index (χ1) is 48.0. The number of amides is 2. The number of benzene rings is 5. The van der Waals surface area contributed by atoms with E-state index in [4.69, 9.17) is 20.9 Å². The van der Waals surface area contributed by atoms with E-state index in [0.717, 1.165) is 85.5 Å². The predicted octanol–water partition coefficient (Wildman–Crippen LogP) is 14.1. The van der Waals surface area contributed by atoms with Crippen molar-refractivity contribution in [1.29, 1.82) is 0 Å². The first-order valence-electron chi connectivity index (χ1n) is 26.2. The molecule has 0 aromatic heterocycles. The van der Waals surface area contributed by atoms with Gasteiger partial charge in [-0.25, -0.2) is 22.8 Å². The molecule has 2 aliphatic rings. The second kappa shape index (κ2) is 38.7. The van der Waals surface area contributed by atoms with Crippen molar-refractivity contribution in [2.24, 2.45) is 0 Å². The summed E-state index contributed by atoms with van der Waals surface area (Å²) in [5.74, 6) is -20.4. The van der Waals surface area contributed by atoms with Crippen LogP contribution in [0.1, 0.15) is 0 Å². The van der Waals surface area contributed by atoms with Crippen molar-refractivity contribution in [2.45, 2.75) is 56.5 Å². The second-order valence-electron chi connectivity index (χ2n) is 18.2. The maximum Gasteiger partial charge on any atom is 0.573 e. The van der Waals surface area contributed by atoms with E-state index >= 15 is 0 Å². The van der Waals surface area contributed by atoms with Crippen LogP contribution in [-0.2, 0) is 33.4 Å². The quantitative estimate of drug-likeness (QED) is 0.0217. The van der Waals surface area contributed by atoms with Gasteiger partial charge in [-0.15, -0.1) is 65.9 Å². The van der Waals surface area contributed by atoms with E-state index in [0.29, 0.717) is 44.5 Å². The summed E-state index contributed by atoms with van der Waals surface area (Å²) in [7, 11) is 0. The summed E-state index contributed by atoms with van der Waals surface area (Å²) < 4.78 is 398. The summed E-state index contributed by atoms with van der Waals surface area (Å²) in [5.41, 5.74) is 5.57. The molecule has 2 aliphatic heterocycles. The second-order valence-corrected chi connectivity index (χ2v) is 18.2. The summed E-state index contributed by atoms with van der Waals surface area (Å²) in [5, 5.41) is 26.6. The SMILES string of the molecule is C1COCCN1.Fc1ccc(OC(F)(F)F)cc1.Nc1cc(F)ccc1OC(F)(F)F.Nc1cc(N2CCOCC2)c([N+](=O)[O-])cc1OC(F)(F)F.O=C(Nc1cc(F)c([N+](=O)[O-])cc1OC(F)(F)F)C(F)(F)F.O=C(Nc1cc(F)ccc1OC(F)(F)F)C(F)(F)F.O=C(OC(=O)C(F)(F)F)C(F)(F)F. The molecule has 0 unspecified atom stereocenters. The molecule has 106 heavy (non-hydrogen) atoms. The van der Waals surface area contributed by atoms with Crippen LogP contribution in [0.25, 0.3) is 0 Å². The van der Waals surface area contributed by atoms with E-state index in [1.54, 1.807) is 4.90 Å². The van der Waals surface area contributed by atoms with Crippen LogP contribution in [0.15, 0.2) is 84.9 Å². The molecule has 594 valence electrons. The molecule has 0 atom stereocenters. The van der Waals surface area contributed by atoms with E-state index in [9.17, 15) is 176 Å². The molecule has 7 N–H and O–H groups in total. The number of hydrogen-bond acceptors (Lipinski definition) is 20. The van der Waals surface area contributed by atoms with Crippen LogP contribution in [0.2, 0.25) is 0 Å². The monoisotopic (exact) mass is 1610 g/mol. The van der Waals surface area contributed by atoms with E-state index in [-0.39, 0.29) is 29.6 Å². The van der Waals surface area contributed by atoms with E-state index in [1.165, 1.54) is 0 Å². The Hall–Kier alpha value is -10.9. The summed E-state index contributed by atoms with van der Waals surface area (Å²) in [6, 6.07) is 8.84. The molecule has 0 bridgehead atoms. The molecule has 2 saturated heterocycles. The molecule has 5 aromatic carbocycles. The third kappa shape index (κ3) is 38.0. The Morgan fingerprint density at radius 2 is 0.783 bits per heavy atom. The number of nitrogens with two attached hydrogens (primary N) is 2. The molecular weight excluding hydrogens is 1570 g/mol. The molecule has 0 aliphatic carbocycles. The van der Waals surface area contributed by atoms with Crippen LogP contribution in [-0.4, -0.2) is 143 Å². The van der Waals surface area contributed by atoms with Crippen LogP contribution in [0.3, 0.4) is 0 Å². The number of nitrogens with zero attached hydrogens (tertiary/aromatic N) is 3. The summed E-state index contributed by atoms with van der Waals surface area (Å²) in [6.45, 7) is 5.36. The minimum Gasteiger partial charge on any atom is -0.406 e. The Kier molecular flexibility index (Phi) is 34.0. The summed E-state index contributed by atoms with van der Waals surface area (Å²) in [4.78, 5) is 61.4. The molecule has 55 heteroatoms. The predicted molar refractivity (Wildman–Crippen MR) is 287 cm³/mol. The van der Waals surface area contributed by atoms with Crippen molar-refractivity contribution in [2.75, 3.05) is 79.6 Å². The smallest absolute Gasteiger partial charge is 0.406 e. The number of nitrogens with one attached hydrogen (secondary N) is 3. The van der Waals surface area contributed by atoms with Gasteiger partial charge in [-0.05, 0) is 54.6 Å². The molecule has 0 spiro atoms. The first kappa shape index (κ1) is 93.1. The van der Waals surface area contributed by atoms with E-state index < -0.39 is 171 Å². The Labute approximate surface area is 564 Å². The fourth-order valence-electron chi connectivity index (χ4n) is 6.27. The number of alkyl halides is 27. The van der Waals surface area contributed by atoms with Gasteiger partial charge >= 0.3 is 86.0 Å². The van der Waals surface area contributed by atoms with Gasteiger partial charge in [0.15, 0.2) is 23.0 Å². The topological polar surface area (TPSA) is 320 Å². The van der Waals surface area contributed by atoms with Crippen LogP contribution in [0.4, 0.5) is 176 Å². The van der Waals surface area contributed by atoms with E-state index in [2.05, 4.69) is 33.7 Å². The number of nitro benzene ring substituents is 2. The highest BCUT2D eigenvalue weighted by atomic mass is 19.5. The number of morpholine rings is 2. The van der Waals surface area contributed by atoms with Gasteiger partial charge in [-0.3, -0.25) is 29.8 Å². The van der Waals surface area contributed by atoms with Gasteiger partial charge in [0.25, 0.3) is 5.69 Å². The summed E-state index contributed by atoms with van der Waals surface area (Å²) in [6.07, 6.45) is -47.2. The van der Waals surface area contributed by atoms with Gasteiger partial charge in [-0.2, -0.15) is 57.1 Å². The van der Waals surface area contributed by atoms with Gasteiger partial charge in [-0.1, -0.05) is 0 Å². The van der Waals surface area contributed by atoms with Gasteiger partial charge in [0.05, 0.1) is 71.2 Å². The fraction of sp³-hybridized carbons (Fsp3) is 0.333. The number of ether oxygens (including phenoxy) is 8. The number of nitrogen functional groups attached to an aromatic ring is 2. The van der Waals surface area contributed by atoms with Crippen LogP contribution in [0, 0.1) is 43.5 Å². The fourth-order valence-corrected chi connectivity index (χ4v) is 6.27. The van der Waals surface area contributed by atoms with Crippen molar-refractivity contribution < 1.29 is 203 Å². The van der Waals surface area contributed by atoms with E-state index in [1.807, 2.05) is 0 Å². The number of hydrogen-bond donors (Lipinski definition) is 5. The number of anilines is 5. The zero-order chi connectivity index (χ0) is 82.1. The van der Waals surface area contributed by atoms with Crippen molar-refractivity contribution in [3.63, 3.8) is 0 Å². The van der Waals surface area contributed by atoms with Gasteiger partial charge < -0.3 is 70.2 Å². The van der Waals surface area contributed by atoms with Crippen LogP contribution >= 0.6 is 0 Å². The number of nitro groups is 2. The van der Waals surface area contributed by atoms with Crippen LogP contribution in [0.5, 0.6) is 28.7 Å². The van der Waals surface area contributed by atoms with Crippen LogP contribution < -0.4 is 56.0 Å². The Morgan fingerprint density at radius 3 is 1.16 bits per heavy atom. The standard InChI is InChI=1S/C11H12F3N3O4.C9H3F7N2O4.C9H4F7NO2.C7H5F4NO.C7H4F4O.C4F6O3.C4H9NO/c12-11(13,14)21-10-6-9(17(18)19)8(5-7(10)15)16-1-3-20-4-2-16;10-3-1-4(17-7(19)8(11,12)13)6(22-9(14,15)16)2-5(3)18(20)21;10-4-1-2-6(19-9(14,15)16)5(3-4)17-7(18)8(11,12)13;8-4-1-2-6(5(12)3-4)13-7(9,10)11;8-5-1-3-6(4-2-5)12-7(9,10)11;5-3(6,7)1(11)13-2(12)4(8,9)10;1-3-6-4-2-5-1/h5-6H,1-4,15H2;1-2H,(H,17,19);1-3H,(H,17,18);1-3H,12H2;1-4H;;5H,1-4H2. The molecule has 5 aromatic rings. The largest absolute Gasteiger partial charge is 0.573 e. The third-order valence-electron chi connectivity index (χ3n) is 10.3. The Bertz CT molecular complexity index is 3690. The number of rotatable bonds is 10. The Balaban J connectivity index is 0.000000634. The maximum atomic E-state index is 13.2.